The van der Waals surface area contributed by atoms with Crippen molar-refractivity contribution in [1.82, 2.24) is 0 Å². The van der Waals surface area contributed by atoms with Gasteiger partial charge in [0.25, 0.3) is 0 Å². The van der Waals surface area contributed by atoms with Crippen LogP contribution in [-0.2, 0) is 19.4 Å². The highest BCUT2D eigenvalue weighted by Crippen LogP contribution is 2.42. The van der Waals surface area contributed by atoms with Crippen LogP contribution in [0.1, 0.15) is 46.0 Å². The van der Waals surface area contributed by atoms with Gasteiger partial charge in [-0.05, 0) is 74.1 Å². The van der Waals surface area contributed by atoms with Gasteiger partial charge in [-0.3, -0.25) is 9.59 Å². The summed E-state index contributed by atoms with van der Waals surface area (Å²) in [7, 11) is -3.40. The zero-order chi connectivity index (χ0) is 23.5. The van der Waals surface area contributed by atoms with Gasteiger partial charge >= 0.3 is 0 Å². The summed E-state index contributed by atoms with van der Waals surface area (Å²) in [6, 6.07) is 10.4. The molecule has 8 heteroatoms. The first-order chi connectivity index (χ1) is 15.7. The van der Waals surface area contributed by atoms with E-state index in [1.165, 1.54) is 13.0 Å². The fraction of sp³-hybridized carbons (Fsp3) is 0.440. The molecule has 1 atom stereocenters. The highest BCUT2D eigenvalue weighted by Gasteiger charge is 2.39. The lowest BCUT2D eigenvalue weighted by Gasteiger charge is -2.43. The second-order valence-corrected chi connectivity index (χ2v) is 12.1. The molecule has 174 valence electrons. The Morgan fingerprint density at radius 3 is 2.30 bits per heavy atom. The fourth-order valence-electron chi connectivity index (χ4n) is 4.83. The van der Waals surface area contributed by atoms with Crippen molar-refractivity contribution >= 4 is 44.6 Å². The highest BCUT2D eigenvalue weighted by molar-refractivity contribution is 7.92. The number of benzene rings is 2. The highest BCUT2D eigenvalue weighted by atomic mass is 35.5. The van der Waals surface area contributed by atoms with E-state index < -0.39 is 9.84 Å². The summed E-state index contributed by atoms with van der Waals surface area (Å²) >= 11 is 6.32. The predicted molar refractivity (Wildman–Crippen MR) is 129 cm³/mol. The van der Waals surface area contributed by atoms with E-state index >= 15 is 0 Å². The SMILES string of the molecule is CC(=O)N1c2ccc(-c3cc(Cl)cc(S(=O)(=O)C4CC4)c3)cc2N(C(=O)C2CCC2)C[C@@H]1C. The molecule has 6 nitrogen and oxygen atoms in total. The molecule has 5 rings (SSSR count). The van der Waals surface area contributed by atoms with Gasteiger partial charge in [0, 0.05) is 24.4 Å². The topological polar surface area (TPSA) is 74.8 Å². The quantitative estimate of drug-likeness (QED) is 0.620. The molecule has 33 heavy (non-hydrogen) atoms. The summed E-state index contributed by atoms with van der Waals surface area (Å²) in [5, 5.41) is 0.0272. The molecule has 2 aromatic carbocycles. The lowest BCUT2D eigenvalue weighted by Crippen LogP contribution is -2.53. The van der Waals surface area contributed by atoms with Gasteiger partial charge in [0.1, 0.15) is 0 Å². The van der Waals surface area contributed by atoms with Crippen molar-refractivity contribution in [2.24, 2.45) is 5.92 Å². The lowest BCUT2D eigenvalue weighted by atomic mass is 9.84. The number of rotatable bonds is 4. The molecule has 0 aromatic heterocycles. The molecule has 2 amide bonds. The van der Waals surface area contributed by atoms with Crippen LogP contribution in [-0.4, -0.2) is 38.1 Å². The number of fused-ring (bicyclic) bond motifs is 1. The second-order valence-electron chi connectivity index (χ2n) is 9.44. The second kappa shape index (κ2) is 8.13. The standard InChI is InChI=1S/C25H27ClN2O4S/c1-15-14-27(25(30)17-4-3-5-17)24-12-18(6-9-23(24)28(15)16(2)29)19-10-20(26)13-22(11-19)33(31,32)21-7-8-21/h6,9-13,15,17,21H,3-5,7-8,14H2,1-2H3/t15-/m0/s1. The van der Waals surface area contributed by atoms with Crippen LogP contribution < -0.4 is 9.80 Å². The van der Waals surface area contributed by atoms with Gasteiger partial charge in [0.05, 0.1) is 27.6 Å². The molecule has 0 saturated heterocycles. The van der Waals surface area contributed by atoms with Crippen molar-refractivity contribution in [2.45, 2.75) is 62.1 Å². The molecule has 2 aliphatic carbocycles. The normalized spacial score (nSPS) is 20.9. The van der Waals surface area contributed by atoms with Gasteiger partial charge in [-0.15, -0.1) is 0 Å². The number of hydrogen-bond donors (Lipinski definition) is 0. The molecule has 0 unspecified atom stereocenters. The number of nitrogens with zero attached hydrogens (tertiary/aromatic N) is 2. The van der Waals surface area contributed by atoms with Crippen molar-refractivity contribution < 1.29 is 18.0 Å². The number of anilines is 2. The third-order valence-corrected chi connectivity index (χ3v) is 9.43. The Hall–Kier alpha value is -2.38. The predicted octanol–water partition coefficient (Wildman–Crippen LogP) is 4.83. The van der Waals surface area contributed by atoms with Gasteiger partial charge in [0.2, 0.25) is 11.8 Å². The number of carbonyl (C=O) groups is 2. The van der Waals surface area contributed by atoms with Crippen molar-refractivity contribution in [2.75, 3.05) is 16.3 Å². The van der Waals surface area contributed by atoms with E-state index in [0.717, 1.165) is 24.8 Å². The van der Waals surface area contributed by atoms with Gasteiger partial charge in [-0.25, -0.2) is 8.42 Å². The Labute approximate surface area is 199 Å². The summed E-state index contributed by atoms with van der Waals surface area (Å²) in [6.45, 7) is 3.91. The summed E-state index contributed by atoms with van der Waals surface area (Å²) < 4.78 is 25.6. The maximum absolute atomic E-state index is 13.3. The van der Waals surface area contributed by atoms with Gasteiger partial charge in [-0.2, -0.15) is 0 Å². The molecular formula is C25H27ClN2O4S. The van der Waals surface area contributed by atoms with E-state index in [4.69, 9.17) is 11.6 Å². The Bertz CT molecular complexity index is 1250. The monoisotopic (exact) mass is 486 g/mol. The Kier molecular flexibility index (Phi) is 5.52. The van der Waals surface area contributed by atoms with E-state index in [0.29, 0.717) is 41.3 Å². The summed E-state index contributed by atoms with van der Waals surface area (Å²) in [5.74, 6) is 0.0460. The van der Waals surface area contributed by atoms with Gasteiger partial charge in [-0.1, -0.05) is 24.1 Å². The average Bonchev–Trinajstić information content (AvgIpc) is 3.56. The molecule has 0 N–H and O–H groups in total. The first-order valence-electron chi connectivity index (χ1n) is 11.5. The smallest absolute Gasteiger partial charge is 0.230 e. The van der Waals surface area contributed by atoms with Crippen LogP contribution in [0.5, 0.6) is 0 Å². The van der Waals surface area contributed by atoms with Gasteiger partial charge < -0.3 is 9.80 Å². The third-order valence-electron chi connectivity index (χ3n) is 6.97. The zero-order valence-electron chi connectivity index (χ0n) is 18.8. The van der Waals surface area contributed by atoms with E-state index in [2.05, 4.69) is 0 Å². The Morgan fingerprint density at radius 1 is 0.970 bits per heavy atom. The molecule has 1 heterocycles. The van der Waals surface area contributed by atoms with Crippen LogP contribution in [0.15, 0.2) is 41.3 Å². The molecule has 2 fully saturated rings. The summed E-state index contributed by atoms with van der Waals surface area (Å²) in [5.41, 5.74) is 2.82. The van der Waals surface area contributed by atoms with Crippen LogP contribution in [0.3, 0.4) is 0 Å². The van der Waals surface area contributed by atoms with E-state index in [1.54, 1.807) is 21.9 Å². The van der Waals surface area contributed by atoms with E-state index in [-0.39, 0.29) is 33.9 Å². The third kappa shape index (κ3) is 3.95. The minimum atomic E-state index is -3.40. The van der Waals surface area contributed by atoms with Crippen LogP contribution in [0, 0.1) is 5.92 Å². The fourth-order valence-corrected chi connectivity index (χ4v) is 6.86. The van der Waals surface area contributed by atoms with Crippen LogP contribution in [0.2, 0.25) is 5.02 Å². The van der Waals surface area contributed by atoms with Crippen molar-refractivity contribution in [3.63, 3.8) is 0 Å². The molecule has 0 spiro atoms. The van der Waals surface area contributed by atoms with Crippen molar-refractivity contribution in [3.05, 3.63) is 41.4 Å². The number of carbonyl (C=O) groups excluding carboxylic acids is 2. The van der Waals surface area contributed by atoms with Crippen LogP contribution >= 0.6 is 11.6 Å². The van der Waals surface area contributed by atoms with E-state index in [9.17, 15) is 18.0 Å². The first kappa shape index (κ1) is 22.4. The van der Waals surface area contributed by atoms with Gasteiger partial charge in [0.15, 0.2) is 9.84 Å². The van der Waals surface area contributed by atoms with Crippen LogP contribution in [0.4, 0.5) is 11.4 Å². The average molecular weight is 487 g/mol. The molecule has 1 aliphatic heterocycles. The Balaban J connectivity index is 1.61. The number of amides is 2. The Morgan fingerprint density at radius 2 is 1.70 bits per heavy atom. The van der Waals surface area contributed by atoms with Crippen molar-refractivity contribution in [1.29, 1.82) is 0 Å². The number of sulfone groups is 1. The van der Waals surface area contributed by atoms with E-state index in [1.807, 2.05) is 25.1 Å². The summed E-state index contributed by atoms with van der Waals surface area (Å²) in [4.78, 5) is 29.4. The maximum atomic E-state index is 13.3. The largest absolute Gasteiger partial charge is 0.308 e. The minimum absolute atomic E-state index is 0.0269. The first-order valence-corrected chi connectivity index (χ1v) is 13.4. The number of hydrogen-bond acceptors (Lipinski definition) is 4. The van der Waals surface area contributed by atoms with Crippen LogP contribution in [0.25, 0.3) is 11.1 Å². The molecule has 0 radical (unpaired) electrons. The molecule has 2 saturated carbocycles. The molecule has 3 aliphatic rings. The number of halogens is 1. The zero-order valence-corrected chi connectivity index (χ0v) is 20.3. The lowest BCUT2D eigenvalue weighted by molar-refractivity contribution is -0.125. The molecular weight excluding hydrogens is 460 g/mol. The molecule has 2 aromatic rings. The summed E-state index contributed by atoms with van der Waals surface area (Å²) in [6.07, 6.45) is 4.21. The molecule has 0 bridgehead atoms. The maximum Gasteiger partial charge on any atom is 0.230 e. The van der Waals surface area contributed by atoms with Crippen molar-refractivity contribution in [3.8, 4) is 11.1 Å². The minimum Gasteiger partial charge on any atom is -0.308 e.